The van der Waals surface area contributed by atoms with Gasteiger partial charge in [0.25, 0.3) is 0 Å². The van der Waals surface area contributed by atoms with Crippen molar-refractivity contribution in [2.45, 2.75) is 48.4 Å². The molecule has 0 radical (unpaired) electrons. The maximum atomic E-state index is 10.1. The minimum absolute atomic E-state index is 0.0135. The number of aliphatic hydroxyl groups excluding tert-OH is 1. The molecule has 1 aromatic carbocycles. The Morgan fingerprint density at radius 2 is 2.00 bits per heavy atom. The summed E-state index contributed by atoms with van der Waals surface area (Å²) in [4.78, 5) is 1.26. The molecule has 0 unspecified atom stereocenters. The summed E-state index contributed by atoms with van der Waals surface area (Å²) in [5, 5.41) is 10.1. The predicted molar refractivity (Wildman–Crippen MR) is 65.2 cm³/mol. The van der Waals surface area contributed by atoms with E-state index in [1.165, 1.54) is 17.7 Å². The molecule has 0 amide bonds. The third-order valence-electron chi connectivity index (χ3n) is 3.20. The van der Waals surface area contributed by atoms with Gasteiger partial charge < -0.3 is 5.11 Å². The van der Waals surface area contributed by atoms with Crippen LogP contribution in [0.3, 0.4) is 0 Å². The van der Waals surface area contributed by atoms with Gasteiger partial charge in [-0.25, -0.2) is 0 Å². The van der Waals surface area contributed by atoms with Crippen LogP contribution in [0.25, 0.3) is 0 Å². The van der Waals surface area contributed by atoms with E-state index in [-0.39, 0.29) is 10.9 Å². The molecule has 1 N–H and O–H groups in total. The topological polar surface area (TPSA) is 20.2 Å². The average molecular weight is 222 g/mol. The molecule has 0 bridgehead atoms. The van der Waals surface area contributed by atoms with E-state index in [4.69, 9.17) is 0 Å². The number of benzene rings is 1. The second-order valence-corrected chi connectivity index (χ2v) is 6.10. The fraction of sp³-hybridized carbons (Fsp3) is 0.538. The zero-order valence-electron chi connectivity index (χ0n) is 9.15. The van der Waals surface area contributed by atoms with Crippen molar-refractivity contribution in [1.82, 2.24) is 0 Å². The van der Waals surface area contributed by atoms with Gasteiger partial charge in [-0.2, -0.15) is 0 Å². The Labute approximate surface area is 95.9 Å². The maximum Gasteiger partial charge on any atom is 0.0687 e. The van der Waals surface area contributed by atoms with Crippen molar-refractivity contribution in [2.75, 3.05) is 0 Å². The van der Waals surface area contributed by atoms with Gasteiger partial charge >= 0.3 is 0 Å². The van der Waals surface area contributed by atoms with Crippen LogP contribution in [0.4, 0.5) is 0 Å². The third kappa shape index (κ3) is 2.56. The first-order chi connectivity index (χ1) is 7.21. The van der Waals surface area contributed by atoms with E-state index in [1.54, 1.807) is 0 Å². The standard InChI is InChI=1S/C13H18OS/c1-13(10-6-5-9-12(13)14)15-11-7-3-2-4-8-11/h2-4,7-8,12,14H,5-6,9-10H2,1H3/t12-,13-/m1/s1. The van der Waals surface area contributed by atoms with Crippen LogP contribution in [0.15, 0.2) is 35.2 Å². The Morgan fingerprint density at radius 3 is 2.67 bits per heavy atom. The minimum Gasteiger partial charge on any atom is -0.392 e. The lowest BCUT2D eigenvalue weighted by Crippen LogP contribution is -2.38. The molecule has 82 valence electrons. The van der Waals surface area contributed by atoms with Gasteiger partial charge in [-0.3, -0.25) is 0 Å². The van der Waals surface area contributed by atoms with Crippen molar-refractivity contribution < 1.29 is 5.11 Å². The van der Waals surface area contributed by atoms with Crippen molar-refractivity contribution in [1.29, 1.82) is 0 Å². The first-order valence-corrected chi connectivity index (χ1v) is 6.44. The molecule has 1 fully saturated rings. The van der Waals surface area contributed by atoms with Gasteiger partial charge in [0.15, 0.2) is 0 Å². The van der Waals surface area contributed by atoms with Crippen LogP contribution in [0.5, 0.6) is 0 Å². The molecule has 1 aliphatic carbocycles. The molecule has 1 aliphatic rings. The van der Waals surface area contributed by atoms with E-state index in [0.29, 0.717) is 0 Å². The molecular weight excluding hydrogens is 204 g/mol. The Bertz CT molecular complexity index is 312. The lowest BCUT2D eigenvalue weighted by molar-refractivity contribution is 0.0982. The molecule has 2 heteroatoms. The summed E-state index contributed by atoms with van der Waals surface area (Å²) in [7, 11) is 0. The van der Waals surface area contributed by atoms with Crippen LogP contribution in [-0.4, -0.2) is 16.0 Å². The first-order valence-electron chi connectivity index (χ1n) is 5.63. The van der Waals surface area contributed by atoms with Crippen molar-refractivity contribution in [3.63, 3.8) is 0 Å². The van der Waals surface area contributed by atoms with Crippen LogP contribution in [0, 0.1) is 0 Å². The van der Waals surface area contributed by atoms with E-state index in [0.717, 1.165) is 12.8 Å². The molecule has 0 saturated heterocycles. The Balaban J connectivity index is 2.09. The maximum absolute atomic E-state index is 10.1. The van der Waals surface area contributed by atoms with Crippen LogP contribution in [0.1, 0.15) is 32.6 Å². The highest BCUT2D eigenvalue weighted by atomic mass is 32.2. The van der Waals surface area contributed by atoms with Crippen molar-refractivity contribution >= 4 is 11.8 Å². The van der Waals surface area contributed by atoms with Crippen molar-refractivity contribution in [3.8, 4) is 0 Å². The molecule has 0 spiro atoms. The van der Waals surface area contributed by atoms with Crippen molar-refractivity contribution in [2.24, 2.45) is 0 Å². The highest BCUT2D eigenvalue weighted by Gasteiger charge is 2.36. The van der Waals surface area contributed by atoms with E-state index >= 15 is 0 Å². The van der Waals surface area contributed by atoms with Gasteiger partial charge in [0.05, 0.1) is 6.10 Å². The van der Waals surface area contributed by atoms with Gasteiger partial charge in [0, 0.05) is 9.64 Å². The minimum atomic E-state index is -0.156. The largest absolute Gasteiger partial charge is 0.392 e. The lowest BCUT2D eigenvalue weighted by atomic mass is 9.87. The number of thioether (sulfide) groups is 1. The Hall–Kier alpha value is -0.470. The summed E-state index contributed by atoms with van der Waals surface area (Å²) in [6.45, 7) is 2.19. The lowest BCUT2D eigenvalue weighted by Gasteiger charge is -2.37. The Morgan fingerprint density at radius 1 is 1.27 bits per heavy atom. The van der Waals surface area contributed by atoms with Gasteiger partial charge in [0.1, 0.15) is 0 Å². The third-order valence-corrected chi connectivity index (χ3v) is 4.65. The molecule has 0 heterocycles. The molecule has 2 rings (SSSR count). The second-order valence-electron chi connectivity index (χ2n) is 4.49. The van der Waals surface area contributed by atoms with Gasteiger partial charge in [0.2, 0.25) is 0 Å². The molecule has 2 atom stereocenters. The average Bonchev–Trinajstić information content (AvgIpc) is 2.24. The van der Waals surface area contributed by atoms with E-state index in [9.17, 15) is 5.11 Å². The Kier molecular flexibility index (Phi) is 3.37. The fourth-order valence-electron chi connectivity index (χ4n) is 2.16. The van der Waals surface area contributed by atoms with E-state index in [2.05, 4.69) is 31.2 Å². The van der Waals surface area contributed by atoms with Gasteiger partial charge in [-0.1, -0.05) is 31.0 Å². The van der Waals surface area contributed by atoms with E-state index in [1.807, 2.05) is 17.8 Å². The summed E-state index contributed by atoms with van der Waals surface area (Å²) in [6, 6.07) is 10.4. The number of aliphatic hydroxyl groups is 1. The summed E-state index contributed by atoms with van der Waals surface area (Å²) in [6.07, 6.45) is 4.33. The first kappa shape index (κ1) is 11.0. The smallest absolute Gasteiger partial charge is 0.0687 e. The number of hydrogen-bond donors (Lipinski definition) is 1. The second kappa shape index (κ2) is 4.58. The molecule has 1 saturated carbocycles. The van der Waals surface area contributed by atoms with Crippen LogP contribution >= 0.6 is 11.8 Å². The van der Waals surface area contributed by atoms with Crippen LogP contribution < -0.4 is 0 Å². The summed E-state index contributed by atoms with van der Waals surface area (Å²) < 4.78 is 0.0135. The zero-order chi connectivity index (χ0) is 10.7. The zero-order valence-corrected chi connectivity index (χ0v) is 9.96. The molecule has 0 aliphatic heterocycles. The highest BCUT2D eigenvalue weighted by molar-refractivity contribution is 8.00. The van der Waals surface area contributed by atoms with Crippen LogP contribution in [0.2, 0.25) is 0 Å². The molecule has 0 aromatic heterocycles. The van der Waals surface area contributed by atoms with Gasteiger partial charge in [-0.15, -0.1) is 11.8 Å². The molecule has 1 nitrogen and oxygen atoms in total. The highest BCUT2D eigenvalue weighted by Crippen LogP contribution is 2.43. The molecule has 1 aromatic rings. The molecular formula is C13H18OS. The fourth-order valence-corrected chi connectivity index (χ4v) is 3.49. The predicted octanol–water partition coefficient (Wildman–Crippen LogP) is 3.47. The molecule has 15 heavy (non-hydrogen) atoms. The van der Waals surface area contributed by atoms with E-state index < -0.39 is 0 Å². The van der Waals surface area contributed by atoms with Crippen molar-refractivity contribution in [3.05, 3.63) is 30.3 Å². The quantitative estimate of drug-likeness (QED) is 0.826. The number of rotatable bonds is 2. The summed E-state index contributed by atoms with van der Waals surface area (Å²) in [5.74, 6) is 0. The normalized spacial score (nSPS) is 31.5. The summed E-state index contributed by atoms with van der Waals surface area (Å²) >= 11 is 1.82. The van der Waals surface area contributed by atoms with Crippen LogP contribution in [-0.2, 0) is 0 Å². The monoisotopic (exact) mass is 222 g/mol. The number of hydrogen-bond acceptors (Lipinski definition) is 2. The van der Waals surface area contributed by atoms with Gasteiger partial charge in [-0.05, 0) is 31.9 Å². The summed E-state index contributed by atoms with van der Waals surface area (Å²) in [5.41, 5.74) is 0. The SMILES string of the molecule is C[C@@]1(Sc2ccccc2)CCCC[C@H]1O.